The second-order valence-electron chi connectivity index (χ2n) is 8.94. The van der Waals surface area contributed by atoms with Crippen LogP contribution in [0.4, 0.5) is 10.5 Å². The van der Waals surface area contributed by atoms with Crippen molar-refractivity contribution in [3.05, 3.63) is 23.8 Å². The number of fused-ring (bicyclic) bond motifs is 1. The summed E-state index contributed by atoms with van der Waals surface area (Å²) < 4.78 is 37.4. The molecule has 186 valence electrons. The fourth-order valence-electron chi connectivity index (χ4n) is 3.66. The number of sulfonamides is 1. The standard InChI is InChI=1S/C22H36N4O6S/c1-14(2)23-22(28)26-11-15(3)20(31-6)12-25(5)21(27)18-9-8-17(24-33(7,29)30)10-19(18)32-13-16(26)4/h8-10,14-16,20,24H,11-13H2,1-7H3,(H,23,28)/t15-,16-,20-/m1/s1. The third-order valence-electron chi connectivity index (χ3n) is 5.42. The van der Waals surface area contributed by atoms with E-state index in [0.29, 0.717) is 18.7 Å². The molecule has 1 aliphatic rings. The van der Waals surface area contributed by atoms with Crippen molar-refractivity contribution < 1.29 is 27.5 Å². The lowest BCUT2D eigenvalue weighted by Gasteiger charge is -2.36. The normalized spacial score (nSPS) is 22.7. The highest BCUT2D eigenvalue weighted by molar-refractivity contribution is 7.92. The molecule has 0 aliphatic carbocycles. The van der Waals surface area contributed by atoms with Crippen LogP contribution < -0.4 is 14.8 Å². The lowest BCUT2D eigenvalue weighted by molar-refractivity contribution is 0.0165. The van der Waals surface area contributed by atoms with Crippen molar-refractivity contribution >= 4 is 27.6 Å². The van der Waals surface area contributed by atoms with Gasteiger partial charge in [-0.1, -0.05) is 6.92 Å². The number of carbonyl (C=O) groups is 2. The Hall–Kier alpha value is -2.53. The zero-order valence-electron chi connectivity index (χ0n) is 20.4. The number of hydrogen-bond acceptors (Lipinski definition) is 6. The molecule has 0 spiro atoms. The summed E-state index contributed by atoms with van der Waals surface area (Å²) >= 11 is 0. The number of methoxy groups -OCH3 is 1. The van der Waals surface area contributed by atoms with Crippen molar-refractivity contribution in [2.75, 3.05) is 44.8 Å². The molecule has 2 rings (SSSR count). The van der Waals surface area contributed by atoms with E-state index in [4.69, 9.17) is 9.47 Å². The van der Waals surface area contributed by atoms with Gasteiger partial charge in [0.2, 0.25) is 10.0 Å². The molecular formula is C22H36N4O6S. The van der Waals surface area contributed by atoms with Crippen LogP contribution in [0.3, 0.4) is 0 Å². The van der Waals surface area contributed by atoms with Crippen molar-refractivity contribution in [1.29, 1.82) is 0 Å². The first-order valence-corrected chi connectivity index (χ1v) is 12.8. The van der Waals surface area contributed by atoms with Crippen molar-refractivity contribution in [3.63, 3.8) is 0 Å². The van der Waals surface area contributed by atoms with Crippen molar-refractivity contribution in [2.24, 2.45) is 5.92 Å². The Morgan fingerprint density at radius 2 is 1.91 bits per heavy atom. The van der Waals surface area contributed by atoms with E-state index in [9.17, 15) is 18.0 Å². The number of urea groups is 1. The number of nitrogens with zero attached hydrogens (tertiary/aromatic N) is 2. The van der Waals surface area contributed by atoms with Gasteiger partial charge in [0, 0.05) is 45.3 Å². The maximum atomic E-state index is 13.2. The lowest BCUT2D eigenvalue weighted by Crippen LogP contribution is -2.52. The van der Waals surface area contributed by atoms with Crippen LogP contribution in [0.15, 0.2) is 18.2 Å². The molecule has 0 aromatic heterocycles. The molecule has 3 atom stereocenters. The highest BCUT2D eigenvalue weighted by Crippen LogP contribution is 2.27. The molecule has 1 aromatic rings. The van der Waals surface area contributed by atoms with Crippen LogP contribution in [0, 0.1) is 5.92 Å². The highest BCUT2D eigenvalue weighted by atomic mass is 32.2. The van der Waals surface area contributed by atoms with Crippen molar-refractivity contribution in [3.8, 4) is 5.75 Å². The van der Waals surface area contributed by atoms with Gasteiger partial charge in [-0.25, -0.2) is 13.2 Å². The number of likely N-dealkylation sites (N-methyl/N-ethyl adjacent to an activating group) is 1. The van der Waals surface area contributed by atoms with Crippen LogP contribution in [0.1, 0.15) is 38.1 Å². The molecule has 0 bridgehead atoms. The zero-order valence-corrected chi connectivity index (χ0v) is 21.2. The first-order chi connectivity index (χ1) is 15.3. The SMILES string of the molecule is CO[C@@H]1CN(C)C(=O)c2ccc(NS(C)(=O)=O)cc2OC[C@@H](C)N(C(=O)NC(C)C)C[C@H]1C. The molecule has 11 heteroatoms. The van der Waals surface area contributed by atoms with Gasteiger partial charge in [-0.05, 0) is 32.9 Å². The first kappa shape index (κ1) is 26.7. The van der Waals surface area contributed by atoms with Gasteiger partial charge < -0.3 is 24.6 Å². The minimum absolute atomic E-state index is 0.0327. The summed E-state index contributed by atoms with van der Waals surface area (Å²) in [6.45, 7) is 8.47. The average molecular weight is 485 g/mol. The van der Waals surface area contributed by atoms with Gasteiger partial charge in [-0.15, -0.1) is 0 Å². The monoisotopic (exact) mass is 484 g/mol. The summed E-state index contributed by atoms with van der Waals surface area (Å²) in [4.78, 5) is 29.3. The highest BCUT2D eigenvalue weighted by Gasteiger charge is 2.30. The van der Waals surface area contributed by atoms with Crippen LogP contribution in [0.2, 0.25) is 0 Å². The summed E-state index contributed by atoms with van der Waals surface area (Å²) in [6.07, 6.45) is 0.751. The van der Waals surface area contributed by atoms with Gasteiger partial charge in [-0.3, -0.25) is 9.52 Å². The van der Waals surface area contributed by atoms with Gasteiger partial charge in [0.15, 0.2) is 0 Å². The predicted molar refractivity (Wildman–Crippen MR) is 127 cm³/mol. The van der Waals surface area contributed by atoms with Crippen molar-refractivity contribution in [2.45, 2.75) is 45.9 Å². The summed E-state index contributed by atoms with van der Waals surface area (Å²) in [5.74, 6) is -0.0854. The first-order valence-electron chi connectivity index (χ1n) is 10.9. The molecular weight excluding hydrogens is 448 g/mol. The quantitative estimate of drug-likeness (QED) is 0.675. The maximum Gasteiger partial charge on any atom is 0.317 e. The molecule has 0 unspecified atom stereocenters. The van der Waals surface area contributed by atoms with Gasteiger partial charge in [-0.2, -0.15) is 0 Å². The summed E-state index contributed by atoms with van der Waals surface area (Å²) in [7, 11) is -0.243. The number of ether oxygens (including phenoxy) is 2. The number of rotatable bonds is 4. The number of nitrogens with one attached hydrogen (secondary N) is 2. The second-order valence-corrected chi connectivity index (χ2v) is 10.7. The number of benzene rings is 1. The Kier molecular flexibility index (Phi) is 8.96. The molecule has 0 saturated carbocycles. The Balaban J connectivity index is 2.47. The third kappa shape index (κ3) is 7.50. The Morgan fingerprint density at radius 1 is 1.24 bits per heavy atom. The fourth-order valence-corrected chi connectivity index (χ4v) is 4.22. The largest absolute Gasteiger partial charge is 0.491 e. The Morgan fingerprint density at radius 3 is 2.48 bits per heavy atom. The van der Waals surface area contributed by atoms with Gasteiger partial charge in [0.05, 0.1) is 29.7 Å². The number of anilines is 1. The van der Waals surface area contributed by atoms with Gasteiger partial charge in [0.1, 0.15) is 12.4 Å². The van der Waals surface area contributed by atoms with E-state index >= 15 is 0 Å². The molecule has 3 amide bonds. The minimum atomic E-state index is -3.51. The van der Waals surface area contributed by atoms with Crippen molar-refractivity contribution in [1.82, 2.24) is 15.1 Å². The molecule has 1 aromatic carbocycles. The summed E-state index contributed by atoms with van der Waals surface area (Å²) in [6, 6.07) is 3.97. The number of carbonyl (C=O) groups excluding carboxylic acids is 2. The maximum absolute atomic E-state index is 13.2. The average Bonchev–Trinajstić information content (AvgIpc) is 2.70. The molecule has 0 radical (unpaired) electrons. The molecule has 10 nitrogen and oxygen atoms in total. The number of hydrogen-bond donors (Lipinski definition) is 2. The summed E-state index contributed by atoms with van der Waals surface area (Å²) in [5.41, 5.74) is 0.578. The van der Waals surface area contributed by atoms with E-state index < -0.39 is 10.0 Å². The van der Waals surface area contributed by atoms with E-state index in [2.05, 4.69) is 10.0 Å². The zero-order chi connectivity index (χ0) is 24.9. The molecule has 1 heterocycles. The Bertz CT molecular complexity index is 952. The second kappa shape index (κ2) is 11.1. The minimum Gasteiger partial charge on any atom is -0.491 e. The topological polar surface area (TPSA) is 117 Å². The number of amides is 3. The van der Waals surface area contributed by atoms with E-state index in [0.717, 1.165) is 6.26 Å². The van der Waals surface area contributed by atoms with Crippen LogP contribution in [-0.2, 0) is 14.8 Å². The van der Waals surface area contributed by atoms with E-state index in [-0.39, 0.29) is 54.1 Å². The Labute approximate surface area is 196 Å². The van der Waals surface area contributed by atoms with Crippen LogP contribution in [0.25, 0.3) is 0 Å². The fraction of sp³-hybridized carbons (Fsp3) is 0.636. The molecule has 33 heavy (non-hydrogen) atoms. The lowest BCUT2D eigenvalue weighted by atomic mass is 10.0. The predicted octanol–water partition coefficient (Wildman–Crippen LogP) is 1.98. The van der Waals surface area contributed by atoms with Gasteiger partial charge >= 0.3 is 6.03 Å². The van der Waals surface area contributed by atoms with E-state index in [1.54, 1.807) is 24.0 Å². The molecule has 1 aliphatic heterocycles. The summed E-state index contributed by atoms with van der Waals surface area (Å²) in [5, 5.41) is 2.93. The van der Waals surface area contributed by atoms with E-state index in [1.165, 1.54) is 18.2 Å². The van der Waals surface area contributed by atoms with Crippen LogP contribution >= 0.6 is 0 Å². The van der Waals surface area contributed by atoms with Gasteiger partial charge in [0.25, 0.3) is 5.91 Å². The molecule has 2 N–H and O–H groups in total. The van der Waals surface area contributed by atoms with Crippen LogP contribution in [0.5, 0.6) is 5.75 Å². The smallest absolute Gasteiger partial charge is 0.317 e. The molecule has 0 fully saturated rings. The third-order valence-corrected chi connectivity index (χ3v) is 6.03. The van der Waals surface area contributed by atoms with E-state index in [1.807, 2.05) is 27.7 Å². The van der Waals surface area contributed by atoms with Crippen LogP contribution in [-0.4, -0.2) is 88.5 Å². The molecule has 0 saturated heterocycles.